The number of amides is 2. The topological polar surface area (TPSA) is 106 Å². The first-order valence-corrected chi connectivity index (χ1v) is 8.20. The third kappa shape index (κ3) is 5.71. The largest absolute Gasteiger partial charge is 0.444 e. The number of nitrogens with one attached hydrogen (secondary N) is 2. The number of carbonyl (C=O) groups excluding carboxylic acids is 2. The summed E-state index contributed by atoms with van der Waals surface area (Å²) in [5.74, 6) is 0.208. The van der Waals surface area contributed by atoms with Gasteiger partial charge in [-0.05, 0) is 27.2 Å². The zero-order chi connectivity index (χ0) is 18.4. The monoisotopic (exact) mass is 354 g/mol. The summed E-state index contributed by atoms with van der Waals surface area (Å²) in [7, 11) is 1.57. The van der Waals surface area contributed by atoms with Crippen molar-refractivity contribution in [3.8, 4) is 0 Å². The molecule has 2 heterocycles. The Balaban J connectivity index is 1.89. The van der Waals surface area contributed by atoms with E-state index in [0.29, 0.717) is 38.5 Å². The fourth-order valence-electron chi connectivity index (χ4n) is 2.38. The smallest absolute Gasteiger partial charge is 0.410 e. The van der Waals surface area contributed by atoms with E-state index in [2.05, 4.69) is 15.5 Å². The quantitative estimate of drug-likeness (QED) is 0.746. The number of rotatable bonds is 6. The summed E-state index contributed by atoms with van der Waals surface area (Å²) in [6.45, 7) is 7.11. The van der Waals surface area contributed by atoms with Crippen molar-refractivity contribution in [2.75, 3.05) is 38.8 Å². The van der Waals surface area contributed by atoms with E-state index in [-0.39, 0.29) is 18.6 Å². The molecule has 9 heteroatoms. The Kier molecular flexibility index (Phi) is 6.38. The molecule has 0 aromatic carbocycles. The second kappa shape index (κ2) is 8.30. The molecule has 0 saturated carbocycles. The summed E-state index contributed by atoms with van der Waals surface area (Å²) in [6, 6.07) is 0. The molecule has 0 fully saturated rings. The first-order chi connectivity index (χ1) is 11.8. The minimum atomic E-state index is -0.534. The van der Waals surface area contributed by atoms with Crippen LogP contribution in [0.4, 0.5) is 10.6 Å². The molecule has 1 aromatic heterocycles. The Bertz CT molecular complexity index is 608. The SMILES string of the molecule is COCCOCC(=O)Nc1n[nH]c2c1CCN(C(=O)OC(C)(C)C)C2. The van der Waals surface area contributed by atoms with Gasteiger partial charge in [-0.3, -0.25) is 9.89 Å². The normalized spacial score (nSPS) is 14.2. The lowest BCUT2D eigenvalue weighted by molar-refractivity contribution is -0.121. The zero-order valence-corrected chi connectivity index (χ0v) is 15.2. The summed E-state index contributed by atoms with van der Waals surface area (Å²) in [4.78, 5) is 25.6. The average molecular weight is 354 g/mol. The lowest BCUT2D eigenvalue weighted by Crippen LogP contribution is -2.40. The van der Waals surface area contributed by atoms with E-state index in [1.165, 1.54) is 0 Å². The van der Waals surface area contributed by atoms with Gasteiger partial charge in [0.1, 0.15) is 12.2 Å². The minimum absolute atomic E-state index is 0.0605. The van der Waals surface area contributed by atoms with Gasteiger partial charge in [-0.1, -0.05) is 0 Å². The molecule has 140 valence electrons. The number of hydrogen-bond acceptors (Lipinski definition) is 6. The molecule has 0 saturated heterocycles. The number of methoxy groups -OCH3 is 1. The number of fused-ring (bicyclic) bond motifs is 1. The molecule has 2 N–H and O–H groups in total. The lowest BCUT2D eigenvalue weighted by Gasteiger charge is -2.29. The zero-order valence-electron chi connectivity index (χ0n) is 15.2. The summed E-state index contributed by atoms with van der Waals surface area (Å²) < 4.78 is 15.4. The molecule has 1 aromatic rings. The maximum absolute atomic E-state index is 12.2. The van der Waals surface area contributed by atoms with Crippen LogP contribution in [-0.4, -0.2) is 66.2 Å². The molecule has 0 radical (unpaired) electrons. The Morgan fingerprint density at radius 3 is 2.76 bits per heavy atom. The number of ether oxygens (including phenoxy) is 3. The third-order valence-corrected chi connectivity index (χ3v) is 3.51. The van der Waals surface area contributed by atoms with E-state index in [1.807, 2.05) is 20.8 Å². The number of aromatic amines is 1. The van der Waals surface area contributed by atoms with Crippen LogP contribution in [0.1, 0.15) is 32.0 Å². The van der Waals surface area contributed by atoms with Gasteiger partial charge >= 0.3 is 6.09 Å². The Hall–Kier alpha value is -2.13. The summed E-state index contributed by atoms with van der Waals surface area (Å²) in [5.41, 5.74) is 1.17. The minimum Gasteiger partial charge on any atom is -0.444 e. The van der Waals surface area contributed by atoms with Crippen LogP contribution in [0.3, 0.4) is 0 Å². The second-order valence-corrected chi connectivity index (χ2v) is 6.77. The van der Waals surface area contributed by atoms with Crippen molar-refractivity contribution >= 4 is 17.8 Å². The van der Waals surface area contributed by atoms with Crippen LogP contribution in [0.25, 0.3) is 0 Å². The summed E-state index contributed by atoms with van der Waals surface area (Å²) in [6.07, 6.45) is 0.232. The molecule has 9 nitrogen and oxygen atoms in total. The van der Waals surface area contributed by atoms with Crippen LogP contribution < -0.4 is 5.32 Å². The Labute approximate surface area is 147 Å². The molecular formula is C16H26N4O5. The van der Waals surface area contributed by atoms with Crippen LogP contribution in [0, 0.1) is 0 Å². The summed E-state index contributed by atoms with van der Waals surface area (Å²) in [5, 5.41) is 9.74. The van der Waals surface area contributed by atoms with Gasteiger partial charge in [0.25, 0.3) is 5.91 Å². The summed E-state index contributed by atoms with van der Waals surface area (Å²) >= 11 is 0. The fourth-order valence-corrected chi connectivity index (χ4v) is 2.38. The van der Waals surface area contributed by atoms with Gasteiger partial charge in [-0.2, -0.15) is 5.10 Å². The highest BCUT2D eigenvalue weighted by molar-refractivity contribution is 5.91. The molecule has 2 rings (SSSR count). The van der Waals surface area contributed by atoms with E-state index in [9.17, 15) is 9.59 Å². The number of carbonyl (C=O) groups is 2. The molecule has 1 aliphatic heterocycles. The molecule has 1 aliphatic rings. The van der Waals surface area contributed by atoms with Gasteiger partial charge < -0.3 is 24.4 Å². The first-order valence-electron chi connectivity index (χ1n) is 8.20. The molecule has 0 unspecified atom stereocenters. The van der Waals surface area contributed by atoms with Gasteiger partial charge in [0, 0.05) is 19.2 Å². The van der Waals surface area contributed by atoms with Crippen molar-refractivity contribution in [1.29, 1.82) is 0 Å². The van der Waals surface area contributed by atoms with Crippen LogP contribution in [0.15, 0.2) is 0 Å². The fraction of sp³-hybridized carbons (Fsp3) is 0.688. The van der Waals surface area contributed by atoms with Gasteiger partial charge in [-0.25, -0.2) is 4.79 Å². The Morgan fingerprint density at radius 1 is 1.32 bits per heavy atom. The van der Waals surface area contributed by atoms with Gasteiger partial charge in [0.2, 0.25) is 0 Å². The highest BCUT2D eigenvalue weighted by Gasteiger charge is 2.28. The molecule has 0 bridgehead atoms. The number of hydrogen-bond donors (Lipinski definition) is 2. The number of nitrogens with zero attached hydrogens (tertiary/aromatic N) is 2. The van der Waals surface area contributed by atoms with Crippen molar-refractivity contribution in [2.24, 2.45) is 0 Å². The number of aromatic nitrogens is 2. The number of anilines is 1. The van der Waals surface area contributed by atoms with E-state index in [4.69, 9.17) is 14.2 Å². The van der Waals surface area contributed by atoms with Gasteiger partial charge in [0.05, 0.1) is 25.5 Å². The highest BCUT2D eigenvalue weighted by Crippen LogP contribution is 2.24. The predicted molar refractivity (Wildman–Crippen MR) is 90.3 cm³/mol. The van der Waals surface area contributed by atoms with Crippen molar-refractivity contribution < 1.29 is 23.8 Å². The van der Waals surface area contributed by atoms with Gasteiger partial charge in [-0.15, -0.1) is 0 Å². The van der Waals surface area contributed by atoms with Crippen molar-refractivity contribution in [3.63, 3.8) is 0 Å². The molecule has 25 heavy (non-hydrogen) atoms. The van der Waals surface area contributed by atoms with Crippen LogP contribution >= 0.6 is 0 Å². The van der Waals surface area contributed by atoms with E-state index >= 15 is 0 Å². The highest BCUT2D eigenvalue weighted by atomic mass is 16.6. The van der Waals surface area contributed by atoms with E-state index in [1.54, 1.807) is 12.0 Å². The predicted octanol–water partition coefficient (Wildman–Crippen LogP) is 1.30. The van der Waals surface area contributed by atoms with Crippen LogP contribution in [0.2, 0.25) is 0 Å². The van der Waals surface area contributed by atoms with Crippen molar-refractivity contribution in [2.45, 2.75) is 39.3 Å². The molecule has 2 amide bonds. The molecular weight excluding hydrogens is 328 g/mol. The lowest BCUT2D eigenvalue weighted by atomic mass is 10.1. The maximum atomic E-state index is 12.2. The van der Waals surface area contributed by atoms with Crippen LogP contribution in [-0.2, 0) is 32.0 Å². The molecule has 0 atom stereocenters. The van der Waals surface area contributed by atoms with Crippen molar-refractivity contribution in [1.82, 2.24) is 15.1 Å². The van der Waals surface area contributed by atoms with E-state index < -0.39 is 5.60 Å². The van der Waals surface area contributed by atoms with Crippen LogP contribution in [0.5, 0.6) is 0 Å². The number of H-pyrrole nitrogens is 1. The molecule has 0 aliphatic carbocycles. The molecule has 0 spiro atoms. The second-order valence-electron chi connectivity index (χ2n) is 6.77. The first kappa shape index (κ1) is 19.2. The van der Waals surface area contributed by atoms with Gasteiger partial charge in [0.15, 0.2) is 5.82 Å². The maximum Gasteiger partial charge on any atom is 0.410 e. The van der Waals surface area contributed by atoms with E-state index in [0.717, 1.165) is 11.3 Å². The third-order valence-electron chi connectivity index (χ3n) is 3.51. The Morgan fingerprint density at radius 2 is 2.08 bits per heavy atom. The average Bonchev–Trinajstić information content (AvgIpc) is 2.92. The van der Waals surface area contributed by atoms with Crippen molar-refractivity contribution in [3.05, 3.63) is 11.3 Å². The standard InChI is InChI=1S/C16H26N4O5/c1-16(2,3)25-15(22)20-6-5-11-12(9-20)18-19-14(11)17-13(21)10-24-8-7-23-4/h5-10H2,1-4H3,(H2,17,18,19,21).